The number of hydrogen-bond donors (Lipinski definition) is 2. The summed E-state index contributed by atoms with van der Waals surface area (Å²) in [5, 5.41) is 13.2. The van der Waals surface area contributed by atoms with Crippen LogP contribution in [0, 0.1) is 23.1 Å². The molecule has 0 bridgehead atoms. The van der Waals surface area contributed by atoms with Crippen LogP contribution in [0.2, 0.25) is 20.1 Å². The minimum absolute atomic E-state index is 0.0116. The highest BCUT2D eigenvalue weighted by atomic mass is 35.5. The highest BCUT2D eigenvalue weighted by Crippen LogP contribution is 2.47. The van der Waals surface area contributed by atoms with Crippen LogP contribution >= 0.6 is 46.4 Å². The van der Waals surface area contributed by atoms with Gasteiger partial charge in [0, 0.05) is 37.1 Å². The van der Waals surface area contributed by atoms with Gasteiger partial charge in [-0.1, -0.05) is 66.8 Å². The van der Waals surface area contributed by atoms with Crippen LogP contribution in [0.5, 0.6) is 0 Å². The van der Waals surface area contributed by atoms with E-state index in [4.69, 9.17) is 57.1 Å². The average molecular weight is 691 g/mol. The Balaban J connectivity index is 1.90. The number of piperazine rings is 1. The first-order valence-electron chi connectivity index (χ1n) is 13.9. The number of nitrogens with zero attached hydrogens (tertiary/aromatic N) is 5. The number of nitriles is 1. The molecule has 1 atom stereocenters. The summed E-state index contributed by atoms with van der Waals surface area (Å²) in [7, 11) is 0. The number of nitrogens with two attached hydrogens (primary N) is 1. The van der Waals surface area contributed by atoms with Crippen LogP contribution in [-0.2, 0) is 4.79 Å². The van der Waals surface area contributed by atoms with Gasteiger partial charge < -0.3 is 20.9 Å². The summed E-state index contributed by atoms with van der Waals surface area (Å²) >= 11 is 25.7. The Hall–Kier alpha value is -3.75. The molecule has 234 valence electrons. The number of amides is 1. The molecular weight excluding hydrogens is 663 g/mol. The summed E-state index contributed by atoms with van der Waals surface area (Å²) in [6.07, 6.45) is 4.87. The lowest BCUT2D eigenvalue weighted by Crippen LogP contribution is -2.49. The van der Waals surface area contributed by atoms with Crippen molar-refractivity contribution in [1.82, 2.24) is 19.8 Å². The number of anilines is 2. The Morgan fingerprint density at radius 2 is 1.87 bits per heavy atom. The lowest BCUT2D eigenvalue weighted by molar-refractivity contribution is -0.126. The van der Waals surface area contributed by atoms with Crippen molar-refractivity contribution >= 4 is 80.4 Å². The second-order valence-electron chi connectivity index (χ2n) is 11.0. The van der Waals surface area contributed by atoms with Crippen molar-refractivity contribution < 1.29 is 9.18 Å². The summed E-state index contributed by atoms with van der Waals surface area (Å²) in [4.78, 5) is 35.0. The standard InChI is InChI=1S/C31H28Cl4FN7O2/c1-5-19(44)41-8-10-42(11-9-41)29-16-12-18(32)27(20-21(33)22(34)23(35)24(36)25(20)38)40-30(16)43(31(45)17(29)13-37)28-15(4)6-7-39-26(28)14(2)3/h5-7,12,14,26,39H,1,8-11,38H2,2-4H3/t26-/m1/s1. The monoisotopic (exact) mass is 689 g/mol. The molecule has 3 aromatic rings. The SMILES string of the molecule is C=CC(=O)N1CCN(c2c(C#N)c(=O)n(C3=C(C)C=CN[C@@H]3C(C)C)c3nc(-c4c(N)c(F)c(Cl)c(Cl)c4Cl)c(Cl)cc23)CC1. The van der Waals surface area contributed by atoms with Crippen molar-refractivity contribution in [3.05, 3.63) is 78.4 Å². The van der Waals surface area contributed by atoms with Crippen LogP contribution in [0.4, 0.5) is 15.8 Å². The zero-order valence-electron chi connectivity index (χ0n) is 24.5. The van der Waals surface area contributed by atoms with E-state index in [-0.39, 0.29) is 55.4 Å². The van der Waals surface area contributed by atoms with Crippen molar-refractivity contribution in [2.45, 2.75) is 26.8 Å². The number of allylic oxidation sites excluding steroid dienone is 2. The van der Waals surface area contributed by atoms with E-state index in [1.54, 1.807) is 17.2 Å². The lowest BCUT2D eigenvalue weighted by atomic mass is 9.94. The maximum Gasteiger partial charge on any atom is 0.276 e. The molecule has 0 saturated carbocycles. The van der Waals surface area contributed by atoms with E-state index in [0.717, 1.165) is 5.57 Å². The molecule has 0 spiro atoms. The number of aromatic nitrogens is 2. The second kappa shape index (κ2) is 12.6. The molecule has 2 aliphatic heterocycles. The summed E-state index contributed by atoms with van der Waals surface area (Å²) < 4.78 is 16.5. The minimum atomic E-state index is -0.996. The fourth-order valence-corrected chi connectivity index (χ4v) is 6.72. The smallest absolute Gasteiger partial charge is 0.276 e. The maximum atomic E-state index is 15.1. The number of dihydropyridines is 1. The molecular formula is C31H28Cl4FN7O2. The molecule has 3 N–H and O–H groups in total. The Bertz CT molecular complexity index is 1910. The molecule has 14 heteroatoms. The van der Waals surface area contributed by atoms with Gasteiger partial charge in [0.25, 0.3) is 5.56 Å². The number of hydrogen-bond acceptors (Lipinski definition) is 7. The molecule has 45 heavy (non-hydrogen) atoms. The topological polar surface area (TPSA) is 120 Å². The van der Waals surface area contributed by atoms with E-state index in [0.29, 0.717) is 42.9 Å². The summed E-state index contributed by atoms with van der Waals surface area (Å²) in [6.45, 7) is 10.7. The van der Waals surface area contributed by atoms with Crippen molar-refractivity contribution in [2.75, 3.05) is 36.8 Å². The van der Waals surface area contributed by atoms with E-state index < -0.39 is 22.1 Å². The summed E-state index contributed by atoms with van der Waals surface area (Å²) in [5.41, 5.74) is 6.66. The van der Waals surface area contributed by atoms with Crippen LogP contribution in [-0.4, -0.2) is 52.6 Å². The molecule has 0 unspecified atom stereocenters. The third kappa shape index (κ3) is 5.42. The van der Waals surface area contributed by atoms with Gasteiger partial charge in [0.05, 0.1) is 48.9 Å². The van der Waals surface area contributed by atoms with Gasteiger partial charge >= 0.3 is 0 Å². The van der Waals surface area contributed by atoms with Crippen LogP contribution in [0.15, 0.2) is 41.4 Å². The molecule has 1 fully saturated rings. The molecule has 1 amide bonds. The largest absolute Gasteiger partial charge is 0.396 e. The molecule has 9 nitrogen and oxygen atoms in total. The van der Waals surface area contributed by atoms with Crippen molar-refractivity contribution in [1.29, 1.82) is 5.26 Å². The van der Waals surface area contributed by atoms with E-state index in [1.165, 1.54) is 10.6 Å². The Kier molecular flexibility index (Phi) is 9.11. The fourth-order valence-electron chi connectivity index (χ4n) is 5.77. The number of nitrogens with one attached hydrogen (secondary N) is 1. The Morgan fingerprint density at radius 1 is 1.20 bits per heavy atom. The quantitative estimate of drug-likeness (QED) is 0.136. The van der Waals surface area contributed by atoms with Crippen molar-refractivity contribution in [3.8, 4) is 17.3 Å². The predicted molar refractivity (Wildman–Crippen MR) is 179 cm³/mol. The van der Waals surface area contributed by atoms with Crippen LogP contribution < -0.4 is 21.5 Å². The number of halogens is 5. The number of carbonyl (C=O) groups is 1. The van der Waals surface area contributed by atoms with Crippen LogP contribution in [0.1, 0.15) is 26.3 Å². The van der Waals surface area contributed by atoms with Crippen molar-refractivity contribution in [3.63, 3.8) is 0 Å². The first-order valence-corrected chi connectivity index (χ1v) is 15.5. The number of nitrogen functional groups attached to an aromatic ring is 1. The Morgan fingerprint density at radius 3 is 2.47 bits per heavy atom. The van der Waals surface area contributed by atoms with Gasteiger partial charge in [-0.15, -0.1) is 0 Å². The fraction of sp³-hybridized carbons (Fsp3) is 0.290. The van der Waals surface area contributed by atoms with Gasteiger partial charge in [0.15, 0.2) is 5.82 Å². The molecule has 2 aliphatic rings. The summed E-state index contributed by atoms with van der Waals surface area (Å²) in [5.74, 6) is -1.19. The maximum absolute atomic E-state index is 15.1. The van der Waals surface area contributed by atoms with Crippen molar-refractivity contribution in [2.24, 2.45) is 5.92 Å². The van der Waals surface area contributed by atoms with Gasteiger partial charge in [-0.25, -0.2) is 9.37 Å². The van der Waals surface area contributed by atoms with Gasteiger partial charge in [-0.05, 0) is 42.8 Å². The predicted octanol–water partition coefficient (Wildman–Crippen LogP) is 6.48. The third-order valence-corrected chi connectivity index (χ3v) is 9.62. The van der Waals surface area contributed by atoms with E-state index >= 15 is 4.39 Å². The highest BCUT2D eigenvalue weighted by Gasteiger charge is 2.33. The normalized spacial score (nSPS) is 16.8. The number of rotatable bonds is 5. The third-order valence-electron chi connectivity index (χ3n) is 8.03. The molecule has 0 aliphatic carbocycles. The second-order valence-corrected chi connectivity index (χ2v) is 12.6. The molecule has 4 heterocycles. The molecule has 5 rings (SSSR count). The first kappa shape index (κ1) is 32.6. The average Bonchev–Trinajstić information content (AvgIpc) is 3.02. The van der Waals surface area contributed by atoms with Crippen LogP contribution in [0.25, 0.3) is 28.0 Å². The minimum Gasteiger partial charge on any atom is -0.396 e. The molecule has 2 aromatic heterocycles. The number of carbonyl (C=O) groups excluding carboxylic acids is 1. The molecule has 0 radical (unpaired) electrons. The Labute approximate surface area is 278 Å². The zero-order valence-corrected chi connectivity index (χ0v) is 27.5. The van der Waals surface area contributed by atoms with Gasteiger partial charge in [-0.2, -0.15) is 5.26 Å². The molecule has 1 aromatic carbocycles. The van der Waals surface area contributed by atoms with Gasteiger partial charge in [0.1, 0.15) is 17.3 Å². The zero-order chi connectivity index (χ0) is 32.9. The lowest BCUT2D eigenvalue weighted by Gasteiger charge is -2.37. The van der Waals surface area contributed by atoms with Gasteiger partial charge in [0.2, 0.25) is 5.91 Å². The summed E-state index contributed by atoms with van der Waals surface area (Å²) in [6, 6.07) is 3.33. The van der Waals surface area contributed by atoms with E-state index in [1.807, 2.05) is 31.7 Å². The number of fused-ring (bicyclic) bond motifs is 1. The first-order chi connectivity index (χ1) is 21.3. The van der Waals surface area contributed by atoms with Gasteiger partial charge in [-0.3, -0.25) is 14.2 Å². The van der Waals surface area contributed by atoms with Crippen LogP contribution in [0.3, 0.4) is 0 Å². The highest BCUT2D eigenvalue weighted by molar-refractivity contribution is 6.50. The molecule has 1 saturated heterocycles. The number of benzene rings is 1. The van der Waals surface area contributed by atoms with E-state index in [9.17, 15) is 14.9 Å². The van der Waals surface area contributed by atoms with E-state index in [2.05, 4.69) is 18.0 Å². The number of pyridine rings is 2.